The molecule has 0 radical (unpaired) electrons. The van der Waals surface area contributed by atoms with Crippen molar-refractivity contribution in [3.05, 3.63) is 52.8 Å². The number of rotatable bonds is 6. The molecule has 0 unspecified atom stereocenters. The molecule has 2 aromatic carbocycles. The Morgan fingerprint density at radius 3 is 2.21 bits per heavy atom. The first-order valence-electron chi connectivity index (χ1n) is 7.51. The van der Waals surface area contributed by atoms with Gasteiger partial charge in [0.1, 0.15) is 23.7 Å². The van der Waals surface area contributed by atoms with Crippen LogP contribution in [0.1, 0.15) is 21.5 Å². The fraction of sp³-hybridized carbons (Fsp3) is 0.235. The van der Waals surface area contributed by atoms with E-state index in [0.717, 1.165) is 25.3 Å². The molecule has 2 aromatic rings. The first-order valence-corrected chi connectivity index (χ1v) is 7.51. The van der Waals surface area contributed by atoms with Crippen LogP contribution in [-0.2, 0) is 12.8 Å². The van der Waals surface area contributed by atoms with Gasteiger partial charge in [-0.3, -0.25) is 0 Å². The molecule has 0 heterocycles. The van der Waals surface area contributed by atoms with Gasteiger partial charge in [-0.25, -0.2) is 9.18 Å². The van der Waals surface area contributed by atoms with Crippen molar-refractivity contribution in [3.8, 4) is 17.2 Å². The molecular weight excluding hydrogens is 417 g/mol. The molecule has 29 heavy (non-hydrogen) atoms. The number of carboxylic acids is 1. The standard InChI is InChI=1S/C17H11F7O5/c1-27-13-6-10(29-17(22,23)24)2-3-12(13)28-7-8-4-9(16(19,20)21)5-11(18)14(8)15(25)26/h2-6H,7H2,1H3,(H,25,26). The van der Waals surface area contributed by atoms with Gasteiger partial charge in [-0.15, -0.1) is 13.2 Å². The zero-order valence-electron chi connectivity index (χ0n) is 14.3. The number of hydrogen-bond acceptors (Lipinski definition) is 4. The highest BCUT2D eigenvalue weighted by atomic mass is 19.4. The van der Waals surface area contributed by atoms with E-state index in [4.69, 9.17) is 14.6 Å². The monoisotopic (exact) mass is 428 g/mol. The van der Waals surface area contributed by atoms with Gasteiger partial charge in [-0.2, -0.15) is 13.2 Å². The second kappa shape index (κ2) is 8.05. The zero-order valence-corrected chi connectivity index (χ0v) is 14.3. The molecule has 0 atom stereocenters. The van der Waals surface area contributed by atoms with Crippen molar-refractivity contribution >= 4 is 5.97 Å². The summed E-state index contributed by atoms with van der Waals surface area (Å²) in [5.74, 6) is -4.62. The van der Waals surface area contributed by atoms with Crippen LogP contribution < -0.4 is 14.2 Å². The first-order chi connectivity index (χ1) is 13.3. The molecule has 0 bridgehead atoms. The topological polar surface area (TPSA) is 65.0 Å². The fourth-order valence-corrected chi connectivity index (χ4v) is 2.30. The Hall–Kier alpha value is -3.18. The molecule has 0 saturated carbocycles. The molecule has 0 aromatic heterocycles. The summed E-state index contributed by atoms with van der Waals surface area (Å²) in [5, 5.41) is 9.06. The Kier molecular flexibility index (Phi) is 6.14. The first kappa shape index (κ1) is 22.1. The second-order valence-electron chi connectivity index (χ2n) is 5.44. The number of aromatic carboxylic acids is 1. The maximum Gasteiger partial charge on any atom is 0.573 e. The molecule has 5 nitrogen and oxygen atoms in total. The van der Waals surface area contributed by atoms with E-state index in [2.05, 4.69) is 4.74 Å². The minimum atomic E-state index is -4.97. The van der Waals surface area contributed by atoms with Crippen molar-refractivity contribution < 1.29 is 54.8 Å². The number of hydrogen-bond donors (Lipinski definition) is 1. The molecule has 0 fully saturated rings. The predicted octanol–water partition coefficient (Wildman–Crippen LogP) is 5.03. The highest BCUT2D eigenvalue weighted by molar-refractivity contribution is 5.89. The molecule has 0 aliphatic heterocycles. The van der Waals surface area contributed by atoms with Crippen LogP contribution in [-0.4, -0.2) is 24.5 Å². The Morgan fingerprint density at radius 2 is 1.69 bits per heavy atom. The van der Waals surface area contributed by atoms with Crippen LogP contribution >= 0.6 is 0 Å². The van der Waals surface area contributed by atoms with Crippen molar-refractivity contribution in [3.63, 3.8) is 0 Å². The molecule has 2 rings (SSSR count). The normalized spacial score (nSPS) is 11.9. The molecule has 0 amide bonds. The van der Waals surface area contributed by atoms with Crippen molar-refractivity contribution in [2.75, 3.05) is 7.11 Å². The predicted molar refractivity (Wildman–Crippen MR) is 82.4 cm³/mol. The SMILES string of the molecule is COc1cc(OC(F)(F)F)ccc1OCc1cc(C(F)(F)F)cc(F)c1C(=O)O. The summed E-state index contributed by atoms with van der Waals surface area (Å²) in [6.45, 7) is -0.835. The third-order valence-corrected chi connectivity index (χ3v) is 3.46. The number of methoxy groups -OCH3 is 1. The van der Waals surface area contributed by atoms with E-state index >= 15 is 0 Å². The van der Waals surface area contributed by atoms with Crippen LogP contribution in [0.25, 0.3) is 0 Å². The summed E-state index contributed by atoms with van der Waals surface area (Å²) in [7, 11) is 1.08. The minimum Gasteiger partial charge on any atom is -0.493 e. The summed E-state index contributed by atoms with van der Waals surface area (Å²) in [6.07, 6.45) is -9.92. The molecule has 0 aliphatic rings. The van der Waals surface area contributed by atoms with Crippen LogP contribution in [0.3, 0.4) is 0 Å². The Balaban J connectivity index is 2.35. The van der Waals surface area contributed by atoms with Gasteiger partial charge >= 0.3 is 18.5 Å². The Labute approximate surface area is 158 Å². The summed E-state index contributed by atoms with van der Waals surface area (Å²) in [5.41, 5.74) is -3.10. The fourth-order valence-electron chi connectivity index (χ4n) is 2.30. The second-order valence-corrected chi connectivity index (χ2v) is 5.44. The van der Waals surface area contributed by atoms with Gasteiger partial charge in [-0.1, -0.05) is 0 Å². The highest BCUT2D eigenvalue weighted by Crippen LogP contribution is 2.35. The van der Waals surface area contributed by atoms with Gasteiger partial charge in [0.05, 0.1) is 12.7 Å². The van der Waals surface area contributed by atoms with E-state index in [9.17, 15) is 35.5 Å². The average molecular weight is 428 g/mol. The minimum absolute atomic E-state index is 0.0385. The van der Waals surface area contributed by atoms with E-state index in [1.54, 1.807) is 0 Å². The Bertz CT molecular complexity index is 906. The lowest BCUT2D eigenvalue weighted by atomic mass is 10.0. The molecule has 12 heteroatoms. The number of alkyl halides is 6. The van der Waals surface area contributed by atoms with Crippen LogP contribution in [0, 0.1) is 5.82 Å². The third kappa shape index (κ3) is 5.65. The van der Waals surface area contributed by atoms with E-state index in [-0.39, 0.29) is 17.6 Å². The molecule has 1 N–H and O–H groups in total. The molecule has 0 saturated heterocycles. The molecule has 158 valence electrons. The summed E-state index contributed by atoms with van der Waals surface area (Å²) < 4.78 is 103. The summed E-state index contributed by atoms with van der Waals surface area (Å²) in [4.78, 5) is 11.2. The number of benzene rings is 2. The van der Waals surface area contributed by atoms with E-state index in [1.165, 1.54) is 0 Å². The Morgan fingerprint density at radius 1 is 1.03 bits per heavy atom. The lowest BCUT2D eigenvalue weighted by molar-refractivity contribution is -0.274. The third-order valence-electron chi connectivity index (χ3n) is 3.46. The number of ether oxygens (including phenoxy) is 3. The van der Waals surface area contributed by atoms with Crippen molar-refractivity contribution in [2.45, 2.75) is 19.1 Å². The van der Waals surface area contributed by atoms with E-state index in [1.807, 2.05) is 0 Å². The van der Waals surface area contributed by atoms with Gasteiger partial charge in [0.2, 0.25) is 0 Å². The average Bonchev–Trinajstić information content (AvgIpc) is 2.57. The summed E-state index contributed by atoms with van der Waals surface area (Å²) in [6, 6.07) is 3.05. The number of carbonyl (C=O) groups is 1. The van der Waals surface area contributed by atoms with Crippen LogP contribution in [0.4, 0.5) is 30.7 Å². The zero-order chi connectivity index (χ0) is 22.0. The number of carboxylic acid groups (broad SMARTS) is 1. The van der Waals surface area contributed by atoms with E-state index < -0.39 is 53.4 Å². The van der Waals surface area contributed by atoms with Gasteiger partial charge in [0, 0.05) is 11.6 Å². The van der Waals surface area contributed by atoms with Crippen molar-refractivity contribution in [2.24, 2.45) is 0 Å². The van der Waals surface area contributed by atoms with Crippen LogP contribution in [0.15, 0.2) is 30.3 Å². The highest BCUT2D eigenvalue weighted by Gasteiger charge is 2.34. The maximum absolute atomic E-state index is 13.9. The van der Waals surface area contributed by atoms with Crippen LogP contribution in [0.2, 0.25) is 0 Å². The van der Waals surface area contributed by atoms with Crippen molar-refractivity contribution in [1.29, 1.82) is 0 Å². The largest absolute Gasteiger partial charge is 0.573 e. The smallest absolute Gasteiger partial charge is 0.493 e. The van der Waals surface area contributed by atoms with Gasteiger partial charge in [0.25, 0.3) is 0 Å². The lowest BCUT2D eigenvalue weighted by Gasteiger charge is -2.16. The van der Waals surface area contributed by atoms with Gasteiger partial charge in [0.15, 0.2) is 11.5 Å². The van der Waals surface area contributed by atoms with E-state index in [0.29, 0.717) is 6.07 Å². The molecular formula is C17H11F7O5. The van der Waals surface area contributed by atoms with Crippen LogP contribution in [0.5, 0.6) is 17.2 Å². The van der Waals surface area contributed by atoms with Crippen molar-refractivity contribution in [1.82, 2.24) is 0 Å². The van der Waals surface area contributed by atoms with Gasteiger partial charge < -0.3 is 19.3 Å². The molecule has 0 aliphatic carbocycles. The lowest BCUT2D eigenvalue weighted by Crippen LogP contribution is -2.17. The summed E-state index contributed by atoms with van der Waals surface area (Å²) >= 11 is 0. The van der Waals surface area contributed by atoms with Gasteiger partial charge in [-0.05, 0) is 24.3 Å². The maximum atomic E-state index is 13.9. The quantitative estimate of drug-likeness (QED) is 0.654. The molecule has 0 spiro atoms. The number of halogens is 7.